The minimum atomic E-state index is -0.408. The Kier molecular flexibility index (Phi) is 5.12. The molecule has 96 valence electrons. The van der Waals surface area contributed by atoms with Gasteiger partial charge in [-0.05, 0) is 31.9 Å². The van der Waals surface area contributed by atoms with Crippen molar-refractivity contribution in [3.05, 3.63) is 34.9 Å². The van der Waals surface area contributed by atoms with Crippen molar-refractivity contribution < 1.29 is 9.84 Å². The Morgan fingerprint density at radius 1 is 1.35 bits per heavy atom. The van der Waals surface area contributed by atoms with E-state index >= 15 is 0 Å². The largest absolute Gasteiger partial charge is 0.394 e. The molecule has 2 N–H and O–H groups in total. The lowest BCUT2D eigenvalue weighted by molar-refractivity contribution is 0.147. The summed E-state index contributed by atoms with van der Waals surface area (Å²) in [5.41, 5.74) is 3.14. The van der Waals surface area contributed by atoms with Gasteiger partial charge in [-0.25, -0.2) is 0 Å². The average molecular weight is 237 g/mol. The van der Waals surface area contributed by atoms with Gasteiger partial charge in [0.2, 0.25) is 0 Å². The van der Waals surface area contributed by atoms with Crippen molar-refractivity contribution in [2.45, 2.75) is 26.3 Å². The third-order valence-electron chi connectivity index (χ3n) is 3.13. The highest BCUT2D eigenvalue weighted by Crippen LogP contribution is 2.24. The van der Waals surface area contributed by atoms with Crippen LogP contribution in [0.3, 0.4) is 0 Å². The number of aryl methyl sites for hydroxylation is 2. The number of hydrogen-bond acceptors (Lipinski definition) is 3. The fourth-order valence-corrected chi connectivity index (χ4v) is 2.00. The third kappa shape index (κ3) is 3.53. The molecule has 0 aliphatic rings. The molecule has 3 heteroatoms. The highest BCUT2D eigenvalue weighted by Gasteiger charge is 2.26. The number of aliphatic hydroxyl groups is 1. The van der Waals surface area contributed by atoms with E-state index in [0.717, 1.165) is 12.1 Å². The summed E-state index contributed by atoms with van der Waals surface area (Å²) in [5, 5.41) is 13.0. The van der Waals surface area contributed by atoms with Gasteiger partial charge in [-0.15, -0.1) is 0 Å². The fourth-order valence-electron chi connectivity index (χ4n) is 2.00. The maximum atomic E-state index is 9.65. The first-order valence-electron chi connectivity index (χ1n) is 5.96. The summed E-state index contributed by atoms with van der Waals surface area (Å²) in [6.07, 6.45) is 0. The van der Waals surface area contributed by atoms with Gasteiger partial charge in [0.05, 0.1) is 18.8 Å². The SMILES string of the molecule is COCCNC(C)(CO)c1cc(C)ccc1C. The van der Waals surface area contributed by atoms with Crippen LogP contribution < -0.4 is 5.32 Å². The molecule has 1 aromatic rings. The van der Waals surface area contributed by atoms with Gasteiger partial charge in [-0.2, -0.15) is 0 Å². The van der Waals surface area contributed by atoms with Crippen molar-refractivity contribution >= 4 is 0 Å². The molecule has 3 nitrogen and oxygen atoms in total. The van der Waals surface area contributed by atoms with Gasteiger partial charge in [0.1, 0.15) is 0 Å². The molecule has 0 heterocycles. The predicted octanol–water partition coefficient (Wildman–Crippen LogP) is 1.75. The van der Waals surface area contributed by atoms with E-state index in [9.17, 15) is 5.11 Å². The van der Waals surface area contributed by atoms with Crippen LogP contribution in [0.1, 0.15) is 23.6 Å². The Bertz CT molecular complexity index is 365. The average Bonchev–Trinajstić information content (AvgIpc) is 2.32. The second kappa shape index (κ2) is 6.15. The summed E-state index contributed by atoms with van der Waals surface area (Å²) in [7, 11) is 1.68. The highest BCUT2D eigenvalue weighted by molar-refractivity contribution is 5.36. The molecule has 0 bridgehead atoms. The molecule has 0 spiro atoms. The van der Waals surface area contributed by atoms with Crippen LogP contribution in [-0.4, -0.2) is 32.0 Å². The van der Waals surface area contributed by atoms with Gasteiger partial charge in [0, 0.05) is 13.7 Å². The number of benzene rings is 1. The van der Waals surface area contributed by atoms with Gasteiger partial charge in [-0.1, -0.05) is 23.8 Å². The van der Waals surface area contributed by atoms with Crippen LogP contribution in [0.4, 0.5) is 0 Å². The van der Waals surface area contributed by atoms with E-state index in [1.807, 2.05) is 6.92 Å². The van der Waals surface area contributed by atoms with Crippen LogP contribution in [0.25, 0.3) is 0 Å². The fraction of sp³-hybridized carbons (Fsp3) is 0.571. The first-order valence-corrected chi connectivity index (χ1v) is 5.96. The quantitative estimate of drug-likeness (QED) is 0.741. The lowest BCUT2D eigenvalue weighted by atomic mass is 9.88. The Labute approximate surface area is 104 Å². The Morgan fingerprint density at radius 2 is 2.06 bits per heavy atom. The van der Waals surface area contributed by atoms with E-state index in [2.05, 4.69) is 37.4 Å². The third-order valence-corrected chi connectivity index (χ3v) is 3.13. The van der Waals surface area contributed by atoms with Gasteiger partial charge >= 0.3 is 0 Å². The lowest BCUT2D eigenvalue weighted by Crippen LogP contribution is -2.44. The summed E-state index contributed by atoms with van der Waals surface area (Å²) in [5.74, 6) is 0. The zero-order valence-electron chi connectivity index (χ0n) is 11.2. The highest BCUT2D eigenvalue weighted by atomic mass is 16.5. The second-order valence-corrected chi connectivity index (χ2v) is 4.73. The molecule has 0 saturated heterocycles. The molecule has 1 atom stereocenters. The van der Waals surface area contributed by atoms with Crippen LogP contribution >= 0.6 is 0 Å². The van der Waals surface area contributed by atoms with Gasteiger partial charge in [0.15, 0.2) is 0 Å². The molecule has 17 heavy (non-hydrogen) atoms. The molecular formula is C14H23NO2. The second-order valence-electron chi connectivity index (χ2n) is 4.73. The summed E-state index contributed by atoms with van der Waals surface area (Å²) in [4.78, 5) is 0. The number of methoxy groups -OCH3 is 1. The summed E-state index contributed by atoms with van der Waals surface area (Å²) < 4.78 is 5.03. The Hall–Kier alpha value is -0.900. The monoisotopic (exact) mass is 237 g/mol. The maximum Gasteiger partial charge on any atom is 0.0652 e. The topological polar surface area (TPSA) is 41.5 Å². The molecule has 0 saturated carbocycles. The normalized spacial score (nSPS) is 14.6. The van der Waals surface area contributed by atoms with E-state index < -0.39 is 5.54 Å². The standard InChI is InChI=1S/C14H23NO2/c1-11-5-6-12(2)13(9-11)14(3,10-16)15-7-8-17-4/h5-6,9,15-16H,7-8,10H2,1-4H3. The summed E-state index contributed by atoms with van der Waals surface area (Å²) in [6, 6.07) is 6.31. The van der Waals surface area contributed by atoms with E-state index in [4.69, 9.17) is 4.74 Å². The van der Waals surface area contributed by atoms with Crippen LogP contribution in [0, 0.1) is 13.8 Å². The molecule has 0 fully saturated rings. The van der Waals surface area contributed by atoms with E-state index in [0.29, 0.717) is 6.61 Å². The zero-order valence-corrected chi connectivity index (χ0v) is 11.2. The van der Waals surface area contributed by atoms with Crippen LogP contribution in [0.2, 0.25) is 0 Å². The number of aliphatic hydroxyl groups excluding tert-OH is 1. The Morgan fingerprint density at radius 3 is 2.65 bits per heavy atom. The molecule has 0 aliphatic carbocycles. The van der Waals surface area contributed by atoms with E-state index in [-0.39, 0.29) is 6.61 Å². The number of rotatable bonds is 6. The van der Waals surface area contributed by atoms with E-state index in [1.54, 1.807) is 7.11 Å². The number of nitrogens with one attached hydrogen (secondary N) is 1. The number of ether oxygens (including phenoxy) is 1. The zero-order chi connectivity index (χ0) is 12.9. The maximum absolute atomic E-state index is 9.65. The Balaban J connectivity index is 2.94. The van der Waals surface area contributed by atoms with Crippen molar-refractivity contribution in [2.24, 2.45) is 0 Å². The molecule has 0 radical (unpaired) electrons. The van der Waals surface area contributed by atoms with Crippen molar-refractivity contribution in [2.75, 3.05) is 26.9 Å². The van der Waals surface area contributed by atoms with Crippen LogP contribution in [0.5, 0.6) is 0 Å². The predicted molar refractivity (Wildman–Crippen MR) is 70.2 cm³/mol. The van der Waals surface area contributed by atoms with Crippen LogP contribution in [0.15, 0.2) is 18.2 Å². The summed E-state index contributed by atoms with van der Waals surface area (Å²) >= 11 is 0. The molecule has 1 aromatic carbocycles. The first kappa shape index (κ1) is 14.2. The first-order chi connectivity index (χ1) is 8.03. The molecule has 0 amide bonds. The van der Waals surface area contributed by atoms with Gasteiger partial charge < -0.3 is 15.2 Å². The van der Waals surface area contributed by atoms with Crippen molar-refractivity contribution in [3.8, 4) is 0 Å². The van der Waals surface area contributed by atoms with Crippen molar-refractivity contribution in [1.82, 2.24) is 5.32 Å². The molecule has 0 aromatic heterocycles. The van der Waals surface area contributed by atoms with E-state index in [1.165, 1.54) is 11.1 Å². The minimum absolute atomic E-state index is 0.0704. The number of hydrogen-bond donors (Lipinski definition) is 2. The van der Waals surface area contributed by atoms with Crippen LogP contribution in [-0.2, 0) is 10.3 Å². The van der Waals surface area contributed by atoms with Crippen molar-refractivity contribution in [1.29, 1.82) is 0 Å². The summed E-state index contributed by atoms with van der Waals surface area (Å²) in [6.45, 7) is 7.59. The molecular weight excluding hydrogens is 214 g/mol. The smallest absolute Gasteiger partial charge is 0.0652 e. The lowest BCUT2D eigenvalue weighted by Gasteiger charge is -2.31. The minimum Gasteiger partial charge on any atom is -0.394 e. The molecule has 0 aliphatic heterocycles. The molecule has 1 rings (SSSR count). The van der Waals surface area contributed by atoms with Gasteiger partial charge in [0.25, 0.3) is 0 Å². The van der Waals surface area contributed by atoms with Crippen molar-refractivity contribution in [3.63, 3.8) is 0 Å². The molecule has 1 unspecified atom stereocenters. The van der Waals surface area contributed by atoms with Gasteiger partial charge in [-0.3, -0.25) is 0 Å².